The van der Waals surface area contributed by atoms with Crippen LogP contribution >= 0.6 is 0 Å². The molecule has 0 unspecified atom stereocenters. The third kappa shape index (κ3) is 3.69. The molecule has 1 fully saturated rings. The lowest BCUT2D eigenvalue weighted by molar-refractivity contribution is -0.129. The fourth-order valence-electron chi connectivity index (χ4n) is 3.57. The zero-order chi connectivity index (χ0) is 18.6. The summed E-state index contributed by atoms with van der Waals surface area (Å²) in [7, 11) is 0. The van der Waals surface area contributed by atoms with Gasteiger partial charge in [-0.3, -0.25) is 14.8 Å². The van der Waals surface area contributed by atoms with Gasteiger partial charge < -0.3 is 4.90 Å². The second-order valence-electron chi connectivity index (χ2n) is 6.74. The van der Waals surface area contributed by atoms with Gasteiger partial charge >= 0.3 is 0 Å². The van der Waals surface area contributed by atoms with Crippen LogP contribution in [0.4, 0.5) is 0 Å². The Labute approximate surface area is 158 Å². The minimum absolute atomic E-state index is 0.142. The van der Waals surface area contributed by atoms with Crippen LogP contribution in [0.3, 0.4) is 0 Å². The van der Waals surface area contributed by atoms with Crippen molar-refractivity contribution in [3.8, 4) is 22.5 Å². The number of pyridine rings is 2. The first-order valence-electron chi connectivity index (χ1n) is 9.15. The van der Waals surface area contributed by atoms with E-state index in [0.29, 0.717) is 11.7 Å². The average Bonchev–Trinajstić information content (AvgIpc) is 2.74. The second-order valence-corrected chi connectivity index (χ2v) is 6.74. The van der Waals surface area contributed by atoms with Gasteiger partial charge in [0.2, 0.25) is 5.91 Å². The maximum atomic E-state index is 11.7. The number of likely N-dealkylation sites (tertiary alicyclic amines) is 1. The SMILES string of the molecule is CC(=O)N1CCC(c2nc(-c3ccncc3)ncc2-c2ccncc2)CC1. The van der Waals surface area contributed by atoms with E-state index in [4.69, 9.17) is 4.98 Å². The number of rotatable bonds is 3. The normalized spacial score (nSPS) is 14.9. The van der Waals surface area contributed by atoms with E-state index >= 15 is 0 Å². The molecule has 0 saturated carbocycles. The Balaban J connectivity index is 1.73. The molecule has 1 amide bonds. The third-order valence-corrected chi connectivity index (χ3v) is 5.08. The van der Waals surface area contributed by atoms with E-state index in [-0.39, 0.29) is 5.91 Å². The number of piperidine rings is 1. The molecule has 27 heavy (non-hydrogen) atoms. The Bertz CT molecular complexity index is 922. The monoisotopic (exact) mass is 359 g/mol. The van der Waals surface area contributed by atoms with Gasteiger partial charge in [0.25, 0.3) is 0 Å². The van der Waals surface area contributed by atoms with Crippen LogP contribution in [0.15, 0.2) is 55.2 Å². The summed E-state index contributed by atoms with van der Waals surface area (Å²) in [6, 6.07) is 7.81. The first-order valence-corrected chi connectivity index (χ1v) is 9.15. The molecule has 136 valence electrons. The lowest BCUT2D eigenvalue weighted by Gasteiger charge is -2.31. The molecule has 0 aliphatic carbocycles. The second kappa shape index (κ2) is 7.61. The number of hydrogen-bond acceptors (Lipinski definition) is 5. The molecule has 3 aromatic heterocycles. The van der Waals surface area contributed by atoms with Crippen molar-refractivity contribution in [2.75, 3.05) is 13.1 Å². The summed E-state index contributed by atoms with van der Waals surface area (Å²) in [5.41, 5.74) is 4.10. The standard InChI is InChI=1S/C21H21N5O/c1-15(27)26-12-6-17(7-13-26)20-19(16-2-8-22-9-3-16)14-24-21(25-20)18-4-10-23-11-5-18/h2-5,8-11,14,17H,6-7,12-13H2,1H3. The Morgan fingerprint density at radius 2 is 1.56 bits per heavy atom. The van der Waals surface area contributed by atoms with Crippen molar-refractivity contribution in [2.45, 2.75) is 25.7 Å². The summed E-state index contributed by atoms with van der Waals surface area (Å²) in [6.07, 6.45) is 10.8. The molecule has 0 spiro atoms. The zero-order valence-corrected chi connectivity index (χ0v) is 15.2. The van der Waals surface area contributed by atoms with E-state index < -0.39 is 0 Å². The van der Waals surface area contributed by atoms with Gasteiger partial charge in [0, 0.05) is 68.0 Å². The Kier molecular flexibility index (Phi) is 4.87. The maximum Gasteiger partial charge on any atom is 0.219 e. The maximum absolute atomic E-state index is 11.7. The molecule has 0 atom stereocenters. The van der Waals surface area contributed by atoms with Crippen molar-refractivity contribution in [1.29, 1.82) is 0 Å². The number of carbonyl (C=O) groups excluding carboxylic acids is 1. The smallest absolute Gasteiger partial charge is 0.219 e. The van der Waals surface area contributed by atoms with Gasteiger partial charge in [0.15, 0.2) is 5.82 Å². The number of hydrogen-bond donors (Lipinski definition) is 0. The summed E-state index contributed by atoms with van der Waals surface area (Å²) in [5.74, 6) is 1.15. The van der Waals surface area contributed by atoms with E-state index in [2.05, 4.69) is 15.0 Å². The van der Waals surface area contributed by atoms with Gasteiger partial charge in [-0.1, -0.05) is 0 Å². The van der Waals surface area contributed by atoms with E-state index in [9.17, 15) is 4.79 Å². The van der Waals surface area contributed by atoms with Crippen LogP contribution in [0, 0.1) is 0 Å². The van der Waals surface area contributed by atoms with Gasteiger partial charge in [-0.25, -0.2) is 9.97 Å². The van der Waals surface area contributed by atoms with Crippen LogP contribution in [-0.2, 0) is 4.79 Å². The highest BCUT2D eigenvalue weighted by Gasteiger charge is 2.26. The minimum atomic E-state index is 0.142. The molecule has 1 saturated heterocycles. The molecule has 0 N–H and O–H groups in total. The zero-order valence-electron chi connectivity index (χ0n) is 15.2. The molecular weight excluding hydrogens is 338 g/mol. The predicted octanol–water partition coefficient (Wildman–Crippen LogP) is 3.33. The van der Waals surface area contributed by atoms with Crippen LogP contribution in [0.25, 0.3) is 22.5 Å². The third-order valence-electron chi connectivity index (χ3n) is 5.08. The molecule has 4 heterocycles. The first-order chi connectivity index (χ1) is 13.2. The molecule has 0 aromatic carbocycles. The lowest BCUT2D eigenvalue weighted by atomic mass is 9.89. The summed E-state index contributed by atoms with van der Waals surface area (Å²) in [4.78, 5) is 31.3. The van der Waals surface area contributed by atoms with Crippen molar-refractivity contribution >= 4 is 5.91 Å². The number of nitrogens with zero attached hydrogens (tertiary/aromatic N) is 5. The lowest BCUT2D eigenvalue weighted by Crippen LogP contribution is -2.36. The molecule has 6 nitrogen and oxygen atoms in total. The molecule has 1 aliphatic rings. The van der Waals surface area contributed by atoms with E-state index in [1.54, 1.807) is 31.7 Å². The topological polar surface area (TPSA) is 71.9 Å². The Morgan fingerprint density at radius 1 is 0.963 bits per heavy atom. The van der Waals surface area contributed by atoms with Crippen LogP contribution < -0.4 is 0 Å². The molecule has 4 rings (SSSR count). The van der Waals surface area contributed by atoms with E-state index in [0.717, 1.165) is 48.3 Å². The largest absolute Gasteiger partial charge is 0.343 e. The van der Waals surface area contributed by atoms with Crippen molar-refractivity contribution in [3.63, 3.8) is 0 Å². The average molecular weight is 359 g/mol. The fraction of sp³-hybridized carbons (Fsp3) is 0.286. The molecule has 6 heteroatoms. The van der Waals surface area contributed by atoms with Crippen LogP contribution in [0.5, 0.6) is 0 Å². The van der Waals surface area contributed by atoms with Crippen molar-refractivity contribution in [3.05, 3.63) is 60.9 Å². The number of aromatic nitrogens is 4. The van der Waals surface area contributed by atoms with Crippen molar-refractivity contribution in [1.82, 2.24) is 24.8 Å². The number of amides is 1. The Hall–Kier alpha value is -3.15. The molecule has 0 radical (unpaired) electrons. The molecular formula is C21H21N5O. The summed E-state index contributed by atoms with van der Waals surface area (Å²) in [5, 5.41) is 0. The predicted molar refractivity (Wildman–Crippen MR) is 103 cm³/mol. The summed E-state index contributed by atoms with van der Waals surface area (Å²) in [6.45, 7) is 3.17. The summed E-state index contributed by atoms with van der Waals surface area (Å²) >= 11 is 0. The highest BCUT2D eigenvalue weighted by molar-refractivity contribution is 5.73. The highest BCUT2D eigenvalue weighted by Crippen LogP contribution is 2.34. The van der Waals surface area contributed by atoms with Crippen molar-refractivity contribution in [2.24, 2.45) is 0 Å². The van der Waals surface area contributed by atoms with Crippen LogP contribution in [0.1, 0.15) is 31.4 Å². The van der Waals surface area contributed by atoms with Crippen molar-refractivity contribution < 1.29 is 4.79 Å². The molecule has 0 bridgehead atoms. The van der Waals surface area contributed by atoms with Crippen LogP contribution in [0.2, 0.25) is 0 Å². The quantitative estimate of drug-likeness (QED) is 0.717. The van der Waals surface area contributed by atoms with Gasteiger partial charge in [0.05, 0.1) is 5.69 Å². The Morgan fingerprint density at radius 3 is 2.15 bits per heavy atom. The van der Waals surface area contributed by atoms with Gasteiger partial charge in [-0.05, 0) is 42.7 Å². The molecule has 1 aliphatic heterocycles. The summed E-state index contributed by atoms with van der Waals surface area (Å²) < 4.78 is 0. The minimum Gasteiger partial charge on any atom is -0.343 e. The first kappa shape index (κ1) is 17.3. The highest BCUT2D eigenvalue weighted by atomic mass is 16.2. The molecule has 3 aromatic rings. The van der Waals surface area contributed by atoms with Gasteiger partial charge in [-0.15, -0.1) is 0 Å². The van der Waals surface area contributed by atoms with Crippen LogP contribution in [-0.4, -0.2) is 43.8 Å². The number of carbonyl (C=O) groups is 1. The van der Waals surface area contributed by atoms with Gasteiger partial charge in [-0.2, -0.15) is 0 Å². The fourth-order valence-corrected chi connectivity index (χ4v) is 3.57. The van der Waals surface area contributed by atoms with E-state index in [1.165, 1.54) is 0 Å². The van der Waals surface area contributed by atoms with Gasteiger partial charge in [0.1, 0.15) is 0 Å². The van der Waals surface area contributed by atoms with E-state index in [1.807, 2.05) is 35.4 Å².